The van der Waals surface area contributed by atoms with Gasteiger partial charge in [0.05, 0.1) is 12.7 Å². The maximum atomic E-state index is 13.3. The predicted octanol–water partition coefficient (Wildman–Crippen LogP) is 8.56. The molecule has 0 fully saturated rings. The number of halogens is 3. The molecule has 4 nitrogen and oxygen atoms in total. The summed E-state index contributed by atoms with van der Waals surface area (Å²) in [6.45, 7) is 0.361. The normalized spacial score (nSPS) is 12.9. The predicted molar refractivity (Wildman–Crippen MR) is 165 cm³/mol. The Hall–Kier alpha value is -2.31. The van der Waals surface area contributed by atoms with Gasteiger partial charge in [0.15, 0.2) is 0 Å². The van der Waals surface area contributed by atoms with Crippen molar-refractivity contribution in [1.29, 1.82) is 0 Å². The Kier molecular flexibility index (Phi) is 8.56. The summed E-state index contributed by atoms with van der Waals surface area (Å²) in [5.41, 5.74) is 4.46. The van der Waals surface area contributed by atoms with Gasteiger partial charge in [0.25, 0.3) is 5.91 Å². The fourth-order valence-electron chi connectivity index (χ4n) is 4.25. The monoisotopic (exact) mass is 736 g/mol. The number of anilines is 1. The number of carbonyl (C=O) groups excluding carboxylic acids is 1. The summed E-state index contributed by atoms with van der Waals surface area (Å²) >= 11 is 6.15. The van der Waals surface area contributed by atoms with Gasteiger partial charge < -0.3 is 10.1 Å². The van der Waals surface area contributed by atoms with E-state index in [0.717, 1.165) is 66.0 Å². The number of rotatable bonds is 7. The van der Waals surface area contributed by atoms with E-state index < -0.39 is 0 Å². The molecule has 1 aliphatic rings. The van der Waals surface area contributed by atoms with E-state index in [0.29, 0.717) is 12.2 Å². The molecule has 1 N–H and O–H groups in total. The van der Waals surface area contributed by atoms with Crippen molar-refractivity contribution >= 4 is 79.3 Å². The molecule has 188 valence electrons. The lowest BCUT2D eigenvalue weighted by atomic mass is 9.95. The van der Waals surface area contributed by atoms with Gasteiger partial charge in [-0.1, -0.05) is 30.3 Å². The fraction of sp³-hybridized carbons (Fsp3) is 0.172. The van der Waals surface area contributed by atoms with E-state index in [1.807, 2.05) is 48.7 Å². The lowest BCUT2D eigenvalue weighted by Gasteiger charge is -2.13. The van der Waals surface area contributed by atoms with E-state index in [4.69, 9.17) is 9.73 Å². The molecule has 0 saturated heterocycles. The molecule has 1 aromatic heterocycles. The van der Waals surface area contributed by atoms with Crippen molar-refractivity contribution in [1.82, 2.24) is 0 Å². The topological polar surface area (TPSA) is 50.7 Å². The first-order valence-electron chi connectivity index (χ1n) is 11.9. The molecule has 1 amide bonds. The van der Waals surface area contributed by atoms with Crippen molar-refractivity contribution < 1.29 is 13.9 Å². The van der Waals surface area contributed by atoms with Crippen LogP contribution in [0.2, 0.25) is 0 Å². The number of amides is 1. The van der Waals surface area contributed by atoms with Crippen LogP contribution in [0, 0.1) is 13.0 Å². The van der Waals surface area contributed by atoms with Crippen LogP contribution in [0.3, 0.4) is 0 Å². The molecule has 5 rings (SSSR count). The first kappa shape index (κ1) is 26.3. The van der Waals surface area contributed by atoms with Gasteiger partial charge in [-0.2, -0.15) is 0 Å². The SMILES string of the molecule is O=C(Nc1ccccc1)c1c(N=Cc2cc(I)c(OCc3ccc(F)cc3)c(I)c2)sc2c1CCCC2. The van der Waals surface area contributed by atoms with Crippen molar-refractivity contribution in [2.24, 2.45) is 4.99 Å². The van der Waals surface area contributed by atoms with Crippen LogP contribution in [0.4, 0.5) is 15.1 Å². The molecule has 37 heavy (non-hydrogen) atoms. The number of nitrogens with zero attached hydrogens (tertiary/aromatic N) is 1. The summed E-state index contributed by atoms with van der Waals surface area (Å²) in [6.07, 6.45) is 5.97. The third kappa shape index (κ3) is 6.40. The zero-order valence-corrected chi connectivity index (χ0v) is 24.9. The van der Waals surface area contributed by atoms with E-state index in [1.54, 1.807) is 23.5 Å². The van der Waals surface area contributed by atoms with Crippen molar-refractivity contribution in [3.05, 3.63) is 107 Å². The third-order valence-corrected chi connectivity index (χ3v) is 8.86. The number of para-hydroxylation sites is 1. The number of hydrogen-bond donors (Lipinski definition) is 1. The van der Waals surface area contributed by atoms with Crippen LogP contribution in [-0.4, -0.2) is 12.1 Å². The maximum Gasteiger partial charge on any atom is 0.259 e. The highest BCUT2D eigenvalue weighted by Crippen LogP contribution is 2.40. The first-order valence-corrected chi connectivity index (χ1v) is 14.9. The van der Waals surface area contributed by atoms with Crippen molar-refractivity contribution in [2.45, 2.75) is 32.3 Å². The molecule has 0 unspecified atom stereocenters. The third-order valence-electron chi connectivity index (χ3n) is 6.06. The number of ether oxygens (including phenoxy) is 1. The van der Waals surface area contributed by atoms with E-state index >= 15 is 0 Å². The number of thiophene rings is 1. The van der Waals surface area contributed by atoms with Crippen LogP contribution < -0.4 is 10.1 Å². The summed E-state index contributed by atoms with van der Waals surface area (Å²) in [7, 11) is 0. The highest BCUT2D eigenvalue weighted by atomic mass is 127. The molecular weight excluding hydrogens is 713 g/mol. The van der Waals surface area contributed by atoms with Gasteiger partial charge in [-0.05, 0) is 124 Å². The summed E-state index contributed by atoms with van der Waals surface area (Å²) in [5.74, 6) is 0.424. The Labute approximate surface area is 246 Å². The smallest absolute Gasteiger partial charge is 0.259 e. The number of carbonyl (C=O) groups is 1. The van der Waals surface area contributed by atoms with Crippen LogP contribution in [0.15, 0.2) is 71.7 Å². The zero-order valence-electron chi connectivity index (χ0n) is 19.8. The second kappa shape index (κ2) is 12.0. The lowest BCUT2D eigenvalue weighted by Crippen LogP contribution is -2.14. The second-order valence-electron chi connectivity index (χ2n) is 8.70. The van der Waals surface area contributed by atoms with Gasteiger partial charge in [0, 0.05) is 16.8 Å². The van der Waals surface area contributed by atoms with Crippen LogP contribution in [0.1, 0.15) is 44.8 Å². The molecule has 4 aromatic rings. The fourth-order valence-corrected chi connectivity index (χ4v) is 7.61. The van der Waals surface area contributed by atoms with Gasteiger partial charge in [-0.25, -0.2) is 9.38 Å². The Morgan fingerprint density at radius 1 is 1.03 bits per heavy atom. The average molecular weight is 736 g/mol. The van der Waals surface area contributed by atoms with Crippen molar-refractivity contribution in [3.8, 4) is 5.75 Å². The zero-order chi connectivity index (χ0) is 25.8. The quantitative estimate of drug-likeness (QED) is 0.153. The van der Waals surface area contributed by atoms with Crippen molar-refractivity contribution in [2.75, 3.05) is 5.32 Å². The lowest BCUT2D eigenvalue weighted by molar-refractivity contribution is 0.102. The van der Waals surface area contributed by atoms with Gasteiger partial charge in [0.1, 0.15) is 23.2 Å². The standard InChI is InChI=1S/C29H23FI2N2O2S/c30-20-12-10-18(11-13-20)17-36-27-23(31)14-19(15-24(27)32)16-33-29-26(22-8-4-5-9-25(22)37-29)28(35)34-21-6-2-1-3-7-21/h1-3,6-7,10-16H,4-5,8-9,17H2,(H,34,35). The van der Waals surface area contributed by atoms with Gasteiger partial charge in [-0.3, -0.25) is 4.79 Å². The van der Waals surface area contributed by atoms with E-state index in [-0.39, 0.29) is 11.7 Å². The molecule has 0 atom stereocenters. The summed E-state index contributed by atoms with van der Waals surface area (Å²) in [4.78, 5) is 19.4. The molecule has 1 heterocycles. The van der Waals surface area contributed by atoms with Crippen LogP contribution >= 0.6 is 56.5 Å². The molecule has 0 spiro atoms. The Morgan fingerprint density at radius 2 is 1.73 bits per heavy atom. The van der Waals surface area contributed by atoms with Crippen LogP contribution in [0.5, 0.6) is 5.75 Å². The second-order valence-corrected chi connectivity index (χ2v) is 12.1. The largest absolute Gasteiger partial charge is 0.487 e. The van der Waals surface area contributed by atoms with Crippen molar-refractivity contribution in [3.63, 3.8) is 0 Å². The molecule has 0 bridgehead atoms. The minimum Gasteiger partial charge on any atom is -0.487 e. The highest BCUT2D eigenvalue weighted by molar-refractivity contribution is 14.1. The Bertz CT molecular complexity index is 1430. The first-order chi connectivity index (χ1) is 18.0. The average Bonchev–Trinajstić information content (AvgIpc) is 3.27. The van der Waals surface area contributed by atoms with E-state index in [2.05, 4.69) is 50.5 Å². The van der Waals surface area contributed by atoms with Crippen LogP contribution in [0.25, 0.3) is 0 Å². The minimum absolute atomic E-state index is 0.105. The van der Waals surface area contributed by atoms with Crippen LogP contribution in [-0.2, 0) is 19.4 Å². The van der Waals surface area contributed by atoms with Gasteiger partial charge in [0.2, 0.25) is 0 Å². The number of aryl methyl sites for hydroxylation is 1. The number of hydrogen-bond acceptors (Lipinski definition) is 4. The summed E-state index contributed by atoms with van der Waals surface area (Å²) in [6, 6.07) is 19.9. The molecule has 0 saturated carbocycles. The number of nitrogens with one attached hydrogen (secondary N) is 1. The Morgan fingerprint density at radius 3 is 2.46 bits per heavy atom. The molecule has 3 aromatic carbocycles. The summed E-state index contributed by atoms with van der Waals surface area (Å²) < 4.78 is 21.1. The summed E-state index contributed by atoms with van der Waals surface area (Å²) in [5, 5.41) is 3.80. The molecule has 1 aliphatic carbocycles. The van der Waals surface area contributed by atoms with Gasteiger partial charge in [-0.15, -0.1) is 11.3 Å². The number of aliphatic imine (C=N–C) groups is 1. The Balaban J connectivity index is 1.38. The van der Waals surface area contributed by atoms with Gasteiger partial charge >= 0.3 is 0 Å². The number of fused-ring (bicyclic) bond motifs is 1. The molecule has 0 radical (unpaired) electrons. The minimum atomic E-state index is -0.260. The number of benzene rings is 3. The molecule has 8 heteroatoms. The van der Waals surface area contributed by atoms with E-state index in [1.165, 1.54) is 17.0 Å². The maximum absolute atomic E-state index is 13.3. The molecule has 0 aliphatic heterocycles. The van der Waals surface area contributed by atoms with E-state index in [9.17, 15) is 9.18 Å². The highest BCUT2D eigenvalue weighted by Gasteiger charge is 2.25. The molecular formula is C29H23FI2N2O2S.